The number of carbonyl (C=O) groups excluding carboxylic acids is 4. The number of fused-ring (bicyclic) bond motifs is 1. The first kappa shape index (κ1) is 21.2. The van der Waals surface area contributed by atoms with E-state index >= 15 is 0 Å². The molecule has 8 nitrogen and oxygen atoms in total. The van der Waals surface area contributed by atoms with Crippen LogP contribution in [0.25, 0.3) is 0 Å². The monoisotopic (exact) mass is 430 g/mol. The number of imide groups is 2. The first-order chi connectivity index (χ1) is 15.1. The zero-order valence-electron chi connectivity index (χ0n) is 18.0. The fraction of sp³-hybridized carbons (Fsp3) is 0.545. The van der Waals surface area contributed by atoms with Gasteiger partial charge in [0.25, 0.3) is 11.8 Å². The molecule has 1 atom stereocenters. The molecule has 1 unspecified atom stereocenters. The van der Waals surface area contributed by atoms with Gasteiger partial charge in [0.15, 0.2) is 0 Å². The summed E-state index contributed by atoms with van der Waals surface area (Å²) in [5.74, 6) is -1.79. The number of likely N-dealkylation sites (tertiary alicyclic amines) is 1. The third kappa shape index (κ3) is 3.45. The normalized spacial score (nSPS) is 25.4. The van der Waals surface area contributed by atoms with Crippen LogP contribution in [0, 0.1) is 11.3 Å². The summed E-state index contributed by atoms with van der Waals surface area (Å²) in [6.07, 6.45) is 2.89. The maximum atomic E-state index is 13.2. The van der Waals surface area contributed by atoms with Crippen LogP contribution in [0.15, 0.2) is 18.2 Å². The number of benzene rings is 1. The summed E-state index contributed by atoms with van der Waals surface area (Å²) in [6, 6.07) is 3.85. The highest BCUT2D eigenvalue weighted by Gasteiger charge is 2.51. The van der Waals surface area contributed by atoms with Crippen molar-refractivity contribution in [1.29, 1.82) is 0 Å². The van der Waals surface area contributed by atoms with E-state index in [-0.39, 0.29) is 24.0 Å². The zero-order valence-corrected chi connectivity index (χ0v) is 18.0. The minimum absolute atomic E-state index is 0.0717. The smallest absolute Gasteiger partial charge is 0.264 e. The quantitative estimate of drug-likeness (QED) is 0.513. The highest BCUT2D eigenvalue weighted by atomic mass is 16.2. The molecular formula is C22H24B2N4O4. The number of hydrogen-bond donors (Lipinski definition) is 2. The van der Waals surface area contributed by atoms with E-state index in [4.69, 9.17) is 15.7 Å². The van der Waals surface area contributed by atoms with Crippen LogP contribution in [0.3, 0.4) is 0 Å². The average molecular weight is 430 g/mol. The van der Waals surface area contributed by atoms with Crippen LogP contribution < -0.4 is 10.6 Å². The number of hydrogen-bond acceptors (Lipinski definition) is 6. The van der Waals surface area contributed by atoms with Gasteiger partial charge in [-0.25, -0.2) is 0 Å². The summed E-state index contributed by atoms with van der Waals surface area (Å²) in [4.78, 5) is 53.2. The lowest BCUT2D eigenvalue weighted by molar-refractivity contribution is -0.136. The Kier molecular flexibility index (Phi) is 4.78. The van der Waals surface area contributed by atoms with Crippen LogP contribution in [0.2, 0.25) is 0 Å². The Labute approximate surface area is 189 Å². The SMILES string of the molecule is [B]C([B])(CC1CC2(C1)CN(C)C2)Nc1cccc2c1C(=O)N(C1CCC(=O)NC1=O)C2=O. The molecule has 1 aliphatic carbocycles. The minimum Gasteiger partial charge on any atom is -0.396 e. The molecule has 2 N–H and O–H groups in total. The third-order valence-electron chi connectivity index (χ3n) is 7.12. The molecule has 10 heteroatoms. The number of amides is 4. The standard InChI is InChI=1S/C22H24B2N4O4/c1-27-10-21(11-27)7-12(8-21)9-22(23,24)26-14-4-2-3-13-17(14)20(32)28(19(13)31)15-5-6-16(29)25-18(15)30/h2-4,12,15,26H,5-11H2,1H3,(H,25,29,30). The van der Waals surface area contributed by atoms with Crippen molar-refractivity contribution < 1.29 is 19.2 Å². The Hall–Kier alpha value is -2.61. The van der Waals surface area contributed by atoms with Crippen molar-refractivity contribution in [1.82, 2.24) is 15.1 Å². The topological polar surface area (TPSA) is 98.8 Å². The highest BCUT2D eigenvalue weighted by molar-refractivity contribution is 6.42. The fourth-order valence-corrected chi connectivity index (χ4v) is 6.06. The molecule has 162 valence electrons. The molecule has 1 saturated carbocycles. The largest absolute Gasteiger partial charge is 0.396 e. The van der Waals surface area contributed by atoms with Gasteiger partial charge >= 0.3 is 0 Å². The summed E-state index contributed by atoms with van der Waals surface area (Å²) < 4.78 is 0. The van der Waals surface area contributed by atoms with Gasteiger partial charge in [0.1, 0.15) is 6.04 Å². The number of carbonyl (C=O) groups is 4. The van der Waals surface area contributed by atoms with E-state index < -0.39 is 35.0 Å². The summed E-state index contributed by atoms with van der Waals surface area (Å²) in [6.45, 7) is 2.22. The van der Waals surface area contributed by atoms with E-state index in [1.54, 1.807) is 18.2 Å². The van der Waals surface area contributed by atoms with Crippen molar-refractivity contribution in [2.24, 2.45) is 11.3 Å². The summed E-state index contributed by atoms with van der Waals surface area (Å²) in [5, 5.41) is 4.02. The lowest BCUT2D eigenvalue weighted by Gasteiger charge is -2.59. The summed E-state index contributed by atoms with van der Waals surface area (Å²) >= 11 is 0. The van der Waals surface area contributed by atoms with Gasteiger partial charge in [-0.1, -0.05) is 6.07 Å². The van der Waals surface area contributed by atoms with Crippen molar-refractivity contribution in [3.05, 3.63) is 29.3 Å². The third-order valence-corrected chi connectivity index (χ3v) is 7.12. The number of piperidine rings is 1. The summed E-state index contributed by atoms with van der Waals surface area (Å²) in [7, 11) is 14.9. The number of nitrogens with zero attached hydrogens (tertiary/aromatic N) is 2. The molecule has 3 aliphatic heterocycles. The van der Waals surface area contributed by atoms with Gasteiger partial charge in [-0.3, -0.25) is 29.4 Å². The lowest BCUT2D eigenvalue weighted by Crippen LogP contribution is -2.61. The fourth-order valence-electron chi connectivity index (χ4n) is 6.06. The van der Waals surface area contributed by atoms with Gasteiger partial charge in [-0.05, 0) is 61.5 Å². The predicted octanol–water partition coefficient (Wildman–Crippen LogP) is 0.222. The van der Waals surface area contributed by atoms with Gasteiger partial charge in [0.05, 0.1) is 26.8 Å². The molecule has 3 fully saturated rings. The molecule has 32 heavy (non-hydrogen) atoms. The van der Waals surface area contributed by atoms with E-state index in [0.29, 0.717) is 23.4 Å². The minimum atomic E-state index is -1.25. The second-order valence-electron chi connectivity index (χ2n) is 9.99. The molecule has 0 aromatic heterocycles. The average Bonchev–Trinajstić information content (AvgIpc) is 2.90. The summed E-state index contributed by atoms with van der Waals surface area (Å²) in [5.41, 5.74) is 1.14. The van der Waals surface area contributed by atoms with E-state index in [1.165, 1.54) is 0 Å². The molecule has 1 spiro atoms. The van der Waals surface area contributed by atoms with Crippen molar-refractivity contribution in [3.8, 4) is 0 Å². The molecule has 4 aliphatic rings. The van der Waals surface area contributed by atoms with Gasteiger partial charge in [0, 0.05) is 25.2 Å². The molecule has 4 radical (unpaired) electrons. The van der Waals surface area contributed by atoms with Crippen molar-refractivity contribution in [3.63, 3.8) is 0 Å². The highest BCUT2D eigenvalue weighted by Crippen LogP contribution is 2.53. The van der Waals surface area contributed by atoms with E-state index in [9.17, 15) is 19.2 Å². The molecule has 5 rings (SSSR count). The van der Waals surface area contributed by atoms with Gasteiger partial charge in [-0.2, -0.15) is 0 Å². The van der Waals surface area contributed by atoms with Crippen molar-refractivity contribution in [2.75, 3.05) is 25.5 Å². The second kappa shape index (κ2) is 7.20. The van der Waals surface area contributed by atoms with Crippen LogP contribution in [-0.4, -0.2) is 80.6 Å². The Bertz CT molecular complexity index is 1030. The molecule has 1 aromatic carbocycles. The number of nitrogens with one attached hydrogen (secondary N) is 2. The van der Waals surface area contributed by atoms with E-state index in [2.05, 4.69) is 22.6 Å². The molecule has 4 amide bonds. The molecule has 3 heterocycles. The van der Waals surface area contributed by atoms with Crippen molar-refractivity contribution in [2.45, 2.75) is 43.5 Å². The van der Waals surface area contributed by atoms with Gasteiger partial charge in [-0.15, -0.1) is 0 Å². The molecule has 0 bridgehead atoms. The van der Waals surface area contributed by atoms with Crippen LogP contribution in [0.5, 0.6) is 0 Å². The molecular weight excluding hydrogens is 406 g/mol. The van der Waals surface area contributed by atoms with E-state index in [0.717, 1.165) is 30.8 Å². The Morgan fingerprint density at radius 2 is 1.88 bits per heavy atom. The second-order valence-corrected chi connectivity index (χ2v) is 9.99. The van der Waals surface area contributed by atoms with E-state index in [1.807, 2.05) is 0 Å². The Balaban J connectivity index is 1.32. The first-order valence-electron chi connectivity index (χ1n) is 11.0. The Morgan fingerprint density at radius 3 is 2.53 bits per heavy atom. The Morgan fingerprint density at radius 1 is 1.16 bits per heavy atom. The van der Waals surface area contributed by atoms with Crippen molar-refractivity contribution >= 4 is 45.0 Å². The van der Waals surface area contributed by atoms with Crippen LogP contribution in [0.4, 0.5) is 5.69 Å². The maximum Gasteiger partial charge on any atom is 0.264 e. The van der Waals surface area contributed by atoms with Gasteiger partial charge < -0.3 is 10.2 Å². The van der Waals surface area contributed by atoms with Gasteiger partial charge in [0.2, 0.25) is 11.8 Å². The van der Waals surface area contributed by atoms with Crippen LogP contribution >= 0.6 is 0 Å². The first-order valence-corrected chi connectivity index (χ1v) is 11.0. The maximum absolute atomic E-state index is 13.2. The van der Waals surface area contributed by atoms with Crippen LogP contribution in [-0.2, 0) is 9.59 Å². The molecule has 2 saturated heterocycles. The van der Waals surface area contributed by atoms with Crippen LogP contribution in [0.1, 0.15) is 52.8 Å². The number of rotatable bonds is 5. The lowest BCUT2D eigenvalue weighted by atomic mass is 9.50. The number of anilines is 1. The zero-order chi connectivity index (χ0) is 22.8. The predicted molar refractivity (Wildman–Crippen MR) is 118 cm³/mol. The molecule has 1 aromatic rings.